The average molecular weight is 453 g/mol. The van der Waals surface area contributed by atoms with E-state index in [1.54, 1.807) is 67.7 Å². The van der Waals surface area contributed by atoms with Gasteiger partial charge in [-0.2, -0.15) is 0 Å². The number of carbonyl (C=O) groups is 2. The lowest BCUT2D eigenvalue weighted by atomic mass is 10.1. The highest BCUT2D eigenvalue weighted by atomic mass is 32.2. The number of hydrogen-bond acceptors (Lipinski definition) is 5. The number of thioether (sulfide) groups is 1. The molecule has 5 nitrogen and oxygen atoms in total. The van der Waals surface area contributed by atoms with Crippen molar-refractivity contribution in [2.24, 2.45) is 0 Å². The molecule has 0 bridgehead atoms. The molecule has 1 aromatic heterocycles. The molecule has 2 heterocycles. The van der Waals surface area contributed by atoms with Crippen LogP contribution in [0.15, 0.2) is 70.0 Å². The fourth-order valence-electron chi connectivity index (χ4n) is 3.08. The lowest BCUT2D eigenvalue weighted by molar-refractivity contribution is -0.122. The quantitative estimate of drug-likeness (QED) is 0.443. The summed E-state index contributed by atoms with van der Waals surface area (Å²) in [5.41, 5.74) is 1.76. The Balaban J connectivity index is 1.51. The number of nitrogens with zero attached hydrogens (tertiary/aromatic N) is 1. The molecule has 2 amide bonds. The summed E-state index contributed by atoms with van der Waals surface area (Å²) in [6.07, 6.45) is 1.63. The number of rotatable bonds is 5. The maximum Gasteiger partial charge on any atom is 0.266 e. The van der Waals surface area contributed by atoms with Crippen LogP contribution in [0, 0.1) is 5.82 Å². The van der Waals surface area contributed by atoms with E-state index in [4.69, 9.17) is 16.6 Å². The van der Waals surface area contributed by atoms with Crippen LogP contribution in [0.25, 0.3) is 17.4 Å². The number of halogens is 1. The van der Waals surface area contributed by atoms with Crippen molar-refractivity contribution in [1.82, 2.24) is 10.2 Å². The van der Waals surface area contributed by atoms with Crippen LogP contribution in [-0.4, -0.2) is 28.1 Å². The third-order valence-electron chi connectivity index (χ3n) is 4.72. The molecule has 1 aliphatic rings. The van der Waals surface area contributed by atoms with Gasteiger partial charge in [-0.25, -0.2) is 4.39 Å². The van der Waals surface area contributed by atoms with Crippen LogP contribution in [0.2, 0.25) is 0 Å². The van der Waals surface area contributed by atoms with Crippen molar-refractivity contribution in [2.75, 3.05) is 7.05 Å². The number of benzene rings is 2. The molecule has 0 aliphatic carbocycles. The van der Waals surface area contributed by atoms with Crippen molar-refractivity contribution in [3.05, 3.63) is 88.3 Å². The van der Waals surface area contributed by atoms with Crippen molar-refractivity contribution in [3.8, 4) is 11.3 Å². The summed E-state index contributed by atoms with van der Waals surface area (Å²) in [7, 11) is 1.58. The van der Waals surface area contributed by atoms with E-state index < -0.39 is 0 Å². The second-order valence-electron chi connectivity index (χ2n) is 6.72. The fraction of sp³-hybridized carbons (Fsp3) is 0.0870. The van der Waals surface area contributed by atoms with Gasteiger partial charge in [-0.15, -0.1) is 0 Å². The van der Waals surface area contributed by atoms with Gasteiger partial charge in [-0.3, -0.25) is 14.5 Å². The Labute approximate surface area is 187 Å². The fourth-order valence-corrected chi connectivity index (χ4v) is 4.31. The molecule has 0 unspecified atom stereocenters. The van der Waals surface area contributed by atoms with E-state index in [1.165, 1.54) is 11.0 Å². The van der Waals surface area contributed by atoms with Gasteiger partial charge < -0.3 is 9.73 Å². The predicted octanol–water partition coefficient (Wildman–Crippen LogP) is 4.85. The molecule has 4 rings (SSSR count). The van der Waals surface area contributed by atoms with E-state index in [9.17, 15) is 14.0 Å². The molecule has 1 saturated heterocycles. The molecule has 0 saturated carbocycles. The van der Waals surface area contributed by atoms with Gasteiger partial charge in [0.25, 0.3) is 11.8 Å². The van der Waals surface area contributed by atoms with E-state index >= 15 is 0 Å². The topological polar surface area (TPSA) is 62.6 Å². The van der Waals surface area contributed by atoms with Crippen LogP contribution in [0.5, 0.6) is 0 Å². The smallest absolute Gasteiger partial charge is 0.266 e. The zero-order valence-electron chi connectivity index (χ0n) is 16.4. The first-order valence-corrected chi connectivity index (χ1v) is 10.6. The minimum Gasteiger partial charge on any atom is -0.457 e. The zero-order valence-corrected chi connectivity index (χ0v) is 18.1. The molecular formula is C23H17FN2O3S2. The van der Waals surface area contributed by atoms with Gasteiger partial charge in [-0.1, -0.05) is 54.3 Å². The van der Waals surface area contributed by atoms with Crippen LogP contribution in [0.1, 0.15) is 21.7 Å². The molecule has 8 heteroatoms. The predicted molar refractivity (Wildman–Crippen MR) is 123 cm³/mol. The third kappa shape index (κ3) is 4.45. The first kappa shape index (κ1) is 21.0. The Kier molecular flexibility index (Phi) is 6.01. The first-order valence-electron chi connectivity index (χ1n) is 9.37. The second kappa shape index (κ2) is 8.87. The van der Waals surface area contributed by atoms with Crippen LogP contribution in [0.4, 0.5) is 4.39 Å². The van der Waals surface area contributed by atoms with E-state index in [2.05, 4.69) is 5.32 Å². The Morgan fingerprint density at radius 3 is 2.61 bits per heavy atom. The van der Waals surface area contributed by atoms with E-state index in [0.717, 1.165) is 17.3 Å². The normalized spacial score (nSPS) is 15.0. The zero-order chi connectivity index (χ0) is 22.0. The summed E-state index contributed by atoms with van der Waals surface area (Å²) in [5, 5.41) is 2.57. The summed E-state index contributed by atoms with van der Waals surface area (Å²) in [4.78, 5) is 26.2. The SMILES string of the molecule is CNC(=O)c1ccc(-c2ccc(/C=C3/SC(=S)N(Cc4ccccc4F)C3=O)o2)cc1. The van der Waals surface area contributed by atoms with Gasteiger partial charge in [0.1, 0.15) is 21.7 Å². The highest BCUT2D eigenvalue weighted by molar-refractivity contribution is 8.26. The molecule has 1 fully saturated rings. The summed E-state index contributed by atoms with van der Waals surface area (Å²) in [5.74, 6) is 0.280. The van der Waals surface area contributed by atoms with Gasteiger partial charge in [-0.05, 0) is 30.3 Å². The first-order chi connectivity index (χ1) is 15.0. The van der Waals surface area contributed by atoms with Gasteiger partial charge in [0.2, 0.25) is 0 Å². The standard InChI is InChI=1S/C23H17FN2O3S2/c1-25-21(27)15-8-6-14(7-9-15)19-11-10-17(29-19)12-20-22(28)26(23(30)31-20)13-16-4-2-3-5-18(16)24/h2-12H,13H2,1H3,(H,25,27)/b20-12+. The van der Waals surface area contributed by atoms with Gasteiger partial charge in [0.15, 0.2) is 0 Å². The molecule has 2 aromatic carbocycles. The second-order valence-corrected chi connectivity index (χ2v) is 8.39. The maximum absolute atomic E-state index is 14.0. The minimum absolute atomic E-state index is 0.0791. The summed E-state index contributed by atoms with van der Waals surface area (Å²) < 4.78 is 20.2. The number of hydrogen-bond donors (Lipinski definition) is 1. The molecule has 1 N–H and O–H groups in total. The summed E-state index contributed by atoms with van der Waals surface area (Å²) >= 11 is 6.48. The van der Waals surface area contributed by atoms with Crippen LogP contribution in [-0.2, 0) is 11.3 Å². The van der Waals surface area contributed by atoms with Crippen molar-refractivity contribution in [3.63, 3.8) is 0 Å². The van der Waals surface area contributed by atoms with Crippen LogP contribution in [0.3, 0.4) is 0 Å². The molecule has 3 aromatic rings. The van der Waals surface area contributed by atoms with Crippen molar-refractivity contribution in [2.45, 2.75) is 6.54 Å². The monoisotopic (exact) mass is 452 g/mol. The molecule has 1 aliphatic heterocycles. The highest BCUT2D eigenvalue weighted by Crippen LogP contribution is 2.34. The molecule has 31 heavy (non-hydrogen) atoms. The number of nitrogens with one attached hydrogen (secondary N) is 1. The third-order valence-corrected chi connectivity index (χ3v) is 6.10. The minimum atomic E-state index is -0.376. The maximum atomic E-state index is 14.0. The Morgan fingerprint density at radius 1 is 1.16 bits per heavy atom. The van der Waals surface area contributed by atoms with Gasteiger partial charge in [0.05, 0.1) is 11.4 Å². The lowest BCUT2D eigenvalue weighted by Gasteiger charge is -2.14. The van der Waals surface area contributed by atoms with Crippen molar-refractivity contribution in [1.29, 1.82) is 0 Å². The highest BCUT2D eigenvalue weighted by Gasteiger charge is 2.32. The van der Waals surface area contributed by atoms with Crippen LogP contribution < -0.4 is 5.32 Å². The molecule has 0 spiro atoms. The molecular weight excluding hydrogens is 435 g/mol. The van der Waals surface area contributed by atoms with E-state index in [1.807, 2.05) is 0 Å². The summed E-state index contributed by atoms with van der Waals surface area (Å²) in [6.45, 7) is 0.0791. The Bertz CT molecular complexity index is 1200. The number of amides is 2. The van der Waals surface area contributed by atoms with Gasteiger partial charge >= 0.3 is 0 Å². The molecule has 0 radical (unpaired) electrons. The lowest BCUT2D eigenvalue weighted by Crippen LogP contribution is -2.27. The van der Waals surface area contributed by atoms with Crippen molar-refractivity contribution >= 4 is 46.2 Å². The van der Waals surface area contributed by atoms with E-state index in [0.29, 0.717) is 31.9 Å². The molecule has 0 atom stereocenters. The van der Waals surface area contributed by atoms with Crippen LogP contribution >= 0.6 is 24.0 Å². The number of carbonyl (C=O) groups excluding carboxylic acids is 2. The largest absolute Gasteiger partial charge is 0.457 e. The summed E-state index contributed by atoms with van der Waals surface area (Å²) in [6, 6.07) is 16.9. The molecule has 156 valence electrons. The van der Waals surface area contributed by atoms with E-state index in [-0.39, 0.29) is 24.2 Å². The number of thiocarbonyl (C=S) groups is 1. The average Bonchev–Trinajstić information content (AvgIpc) is 3.35. The Morgan fingerprint density at radius 2 is 1.90 bits per heavy atom. The van der Waals surface area contributed by atoms with Gasteiger partial charge in [0, 0.05) is 29.8 Å². The number of furan rings is 1. The van der Waals surface area contributed by atoms with Crippen molar-refractivity contribution < 1.29 is 18.4 Å². The Hall–Kier alpha value is -3.23.